The molecule has 0 bridgehead atoms. The van der Waals surface area contributed by atoms with Gasteiger partial charge in [-0.1, -0.05) is 17.3 Å². The van der Waals surface area contributed by atoms with E-state index in [9.17, 15) is 4.79 Å². The predicted octanol–water partition coefficient (Wildman–Crippen LogP) is 1.42. The molecule has 3 heterocycles. The van der Waals surface area contributed by atoms with Crippen LogP contribution >= 0.6 is 0 Å². The van der Waals surface area contributed by atoms with Crippen molar-refractivity contribution in [3.63, 3.8) is 0 Å². The number of aryl methyl sites for hydroxylation is 1. The molecule has 3 aromatic rings. The van der Waals surface area contributed by atoms with E-state index in [2.05, 4.69) is 15.1 Å². The van der Waals surface area contributed by atoms with Gasteiger partial charge in [-0.05, 0) is 12.1 Å². The molecular formula is C15H16N6O3. The zero-order valence-electron chi connectivity index (χ0n) is 13.1. The Morgan fingerprint density at radius 2 is 1.92 bits per heavy atom. The highest BCUT2D eigenvalue weighted by Crippen LogP contribution is 2.23. The van der Waals surface area contributed by atoms with Gasteiger partial charge in [0.05, 0.1) is 11.0 Å². The lowest BCUT2D eigenvalue weighted by Gasteiger charge is -2.31. The number of nitrogens with zero attached hydrogens (tertiary/aromatic N) is 6. The van der Waals surface area contributed by atoms with Gasteiger partial charge >= 0.3 is 12.1 Å². The molecule has 4 rings (SSSR count). The summed E-state index contributed by atoms with van der Waals surface area (Å²) in [6, 6.07) is 8.20. The minimum atomic E-state index is -0.902. The van der Waals surface area contributed by atoms with Crippen molar-refractivity contribution in [1.29, 1.82) is 0 Å². The van der Waals surface area contributed by atoms with E-state index in [1.54, 1.807) is 0 Å². The molecule has 1 amide bonds. The standard InChI is InChI=1S/C15H16N6O3/c1-19-11-5-3-2-4-10(11)16-13(19)12-17-14(24-18-12)20-6-8-21(9-7-20)15(22)23/h2-5H,6-9H2,1H3,(H,22,23). The fraction of sp³-hybridized carbons (Fsp3) is 0.333. The zero-order chi connectivity index (χ0) is 16.7. The van der Waals surface area contributed by atoms with Gasteiger partial charge in [-0.2, -0.15) is 4.98 Å². The number of hydrogen-bond donors (Lipinski definition) is 1. The number of piperazine rings is 1. The number of imidazole rings is 1. The minimum Gasteiger partial charge on any atom is -0.465 e. The van der Waals surface area contributed by atoms with Crippen LogP contribution in [0.4, 0.5) is 10.8 Å². The summed E-state index contributed by atoms with van der Waals surface area (Å²) in [5, 5.41) is 13.0. The molecule has 9 heteroatoms. The van der Waals surface area contributed by atoms with Crippen LogP contribution < -0.4 is 4.90 Å². The fourth-order valence-corrected chi connectivity index (χ4v) is 2.87. The number of para-hydroxylation sites is 2. The Bertz CT molecular complexity index is 894. The number of carboxylic acid groups (broad SMARTS) is 1. The van der Waals surface area contributed by atoms with Crippen molar-refractivity contribution in [1.82, 2.24) is 24.6 Å². The molecule has 1 aromatic carbocycles. The summed E-state index contributed by atoms with van der Waals surface area (Å²) >= 11 is 0. The van der Waals surface area contributed by atoms with Crippen LogP contribution in [-0.4, -0.2) is 62.0 Å². The summed E-state index contributed by atoms with van der Waals surface area (Å²) in [5.74, 6) is 1.06. The van der Waals surface area contributed by atoms with Crippen LogP contribution in [0.1, 0.15) is 0 Å². The third kappa shape index (κ3) is 2.34. The SMILES string of the molecule is Cn1c(-c2noc(N3CCN(C(=O)O)CC3)n2)nc2ccccc21. The molecule has 124 valence electrons. The van der Waals surface area contributed by atoms with Gasteiger partial charge in [-0.3, -0.25) is 0 Å². The number of fused-ring (bicyclic) bond motifs is 1. The normalized spacial score (nSPS) is 15.2. The van der Waals surface area contributed by atoms with Gasteiger partial charge in [0, 0.05) is 33.2 Å². The fourth-order valence-electron chi connectivity index (χ4n) is 2.87. The molecule has 1 fully saturated rings. The van der Waals surface area contributed by atoms with Gasteiger partial charge in [-0.15, -0.1) is 0 Å². The number of amides is 1. The number of carbonyl (C=O) groups is 1. The summed E-state index contributed by atoms with van der Waals surface area (Å²) < 4.78 is 7.27. The molecule has 2 aromatic heterocycles. The highest BCUT2D eigenvalue weighted by Gasteiger charge is 2.25. The molecule has 0 atom stereocenters. The second kappa shape index (κ2) is 5.52. The predicted molar refractivity (Wildman–Crippen MR) is 85.8 cm³/mol. The van der Waals surface area contributed by atoms with Crippen molar-refractivity contribution in [2.75, 3.05) is 31.1 Å². The van der Waals surface area contributed by atoms with E-state index in [4.69, 9.17) is 9.63 Å². The van der Waals surface area contributed by atoms with E-state index in [0.717, 1.165) is 11.0 Å². The van der Waals surface area contributed by atoms with E-state index in [0.29, 0.717) is 43.8 Å². The largest absolute Gasteiger partial charge is 0.465 e. The quantitative estimate of drug-likeness (QED) is 0.759. The second-order valence-corrected chi connectivity index (χ2v) is 5.64. The van der Waals surface area contributed by atoms with Crippen LogP contribution in [0.3, 0.4) is 0 Å². The molecule has 1 aliphatic heterocycles. The van der Waals surface area contributed by atoms with Crippen molar-refractivity contribution >= 4 is 23.1 Å². The molecule has 0 aliphatic carbocycles. The topological polar surface area (TPSA) is 101 Å². The summed E-state index contributed by atoms with van der Waals surface area (Å²) in [6.45, 7) is 1.88. The first kappa shape index (κ1) is 14.5. The number of anilines is 1. The first-order valence-corrected chi connectivity index (χ1v) is 7.62. The van der Waals surface area contributed by atoms with Crippen LogP contribution in [0.2, 0.25) is 0 Å². The highest BCUT2D eigenvalue weighted by molar-refractivity contribution is 5.79. The lowest BCUT2D eigenvalue weighted by atomic mass is 10.3. The average molecular weight is 328 g/mol. The van der Waals surface area contributed by atoms with Crippen LogP contribution in [0, 0.1) is 0 Å². The van der Waals surface area contributed by atoms with Crippen LogP contribution in [0.15, 0.2) is 28.8 Å². The summed E-state index contributed by atoms with van der Waals surface area (Å²) in [5.41, 5.74) is 1.87. The monoisotopic (exact) mass is 328 g/mol. The van der Waals surface area contributed by atoms with Crippen LogP contribution in [-0.2, 0) is 7.05 Å². The maximum atomic E-state index is 11.0. The lowest BCUT2D eigenvalue weighted by Crippen LogP contribution is -2.48. The van der Waals surface area contributed by atoms with Crippen molar-refractivity contribution in [2.45, 2.75) is 0 Å². The molecule has 0 unspecified atom stereocenters. The molecule has 0 radical (unpaired) electrons. The Hall–Kier alpha value is -3.10. The molecular weight excluding hydrogens is 312 g/mol. The van der Waals surface area contributed by atoms with Crippen molar-refractivity contribution in [2.24, 2.45) is 7.05 Å². The first-order valence-electron chi connectivity index (χ1n) is 7.62. The summed E-state index contributed by atoms with van der Waals surface area (Å²) in [7, 11) is 1.91. The molecule has 24 heavy (non-hydrogen) atoms. The summed E-state index contributed by atoms with van der Waals surface area (Å²) in [4.78, 5) is 23.2. The van der Waals surface area contributed by atoms with E-state index < -0.39 is 6.09 Å². The number of benzene rings is 1. The zero-order valence-corrected chi connectivity index (χ0v) is 13.1. The Kier molecular flexibility index (Phi) is 3.33. The van der Waals surface area contributed by atoms with Gasteiger partial charge in [0.15, 0.2) is 5.82 Å². The molecule has 1 saturated heterocycles. The van der Waals surface area contributed by atoms with Crippen molar-refractivity contribution in [3.8, 4) is 11.6 Å². The van der Waals surface area contributed by atoms with E-state index in [1.807, 2.05) is 40.8 Å². The van der Waals surface area contributed by atoms with Crippen molar-refractivity contribution < 1.29 is 14.4 Å². The van der Waals surface area contributed by atoms with Gasteiger partial charge in [0.2, 0.25) is 5.82 Å². The smallest absolute Gasteiger partial charge is 0.407 e. The average Bonchev–Trinajstić information content (AvgIpc) is 3.20. The van der Waals surface area contributed by atoms with Crippen LogP contribution in [0.25, 0.3) is 22.7 Å². The lowest BCUT2D eigenvalue weighted by molar-refractivity contribution is 0.141. The first-order chi connectivity index (χ1) is 11.6. The maximum absolute atomic E-state index is 11.0. The molecule has 1 aliphatic rings. The minimum absolute atomic E-state index is 0.391. The summed E-state index contributed by atoms with van der Waals surface area (Å²) in [6.07, 6.45) is -0.902. The Labute approximate surface area is 137 Å². The van der Waals surface area contributed by atoms with Gasteiger partial charge < -0.3 is 24.0 Å². The second-order valence-electron chi connectivity index (χ2n) is 5.64. The van der Waals surface area contributed by atoms with Gasteiger partial charge in [-0.25, -0.2) is 9.78 Å². The number of rotatable bonds is 2. The Morgan fingerprint density at radius 1 is 1.17 bits per heavy atom. The van der Waals surface area contributed by atoms with Crippen LogP contribution in [0.5, 0.6) is 0 Å². The molecule has 1 N–H and O–H groups in total. The van der Waals surface area contributed by atoms with E-state index >= 15 is 0 Å². The molecule has 0 saturated carbocycles. The van der Waals surface area contributed by atoms with E-state index in [-0.39, 0.29) is 0 Å². The molecule has 9 nitrogen and oxygen atoms in total. The molecule has 0 spiro atoms. The third-order valence-electron chi connectivity index (χ3n) is 4.22. The van der Waals surface area contributed by atoms with Gasteiger partial charge in [0.25, 0.3) is 0 Å². The maximum Gasteiger partial charge on any atom is 0.407 e. The highest BCUT2D eigenvalue weighted by atomic mass is 16.5. The number of aromatic nitrogens is 4. The van der Waals surface area contributed by atoms with Gasteiger partial charge in [0.1, 0.15) is 0 Å². The van der Waals surface area contributed by atoms with E-state index in [1.165, 1.54) is 4.90 Å². The van der Waals surface area contributed by atoms with Crippen molar-refractivity contribution in [3.05, 3.63) is 24.3 Å². The number of hydrogen-bond acceptors (Lipinski definition) is 6. The third-order valence-corrected chi connectivity index (χ3v) is 4.22. The Morgan fingerprint density at radius 3 is 2.62 bits per heavy atom. The Balaban J connectivity index is 1.58.